The fraction of sp³-hybridized carbons (Fsp3) is 0.400. The summed E-state index contributed by atoms with van der Waals surface area (Å²) in [5.41, 5.74) is 4.14. The van der Waals surface area contributed by atoms with Crippen LogP contribution < -0.4 is 19.9 Å². The molecule has 1 aromatic carbocycles. The van der Waals surface area contributed by atoms with Gasteiger partial charge in [-0.2, -0.15) is 13.2 Å². The Morgan fingerprint density at radius 1 is 1.09 bits per heavy atom. The molecule has 1 fully saturated rings. The number of ether oxygens (including phenoxy) is 2. The Morgan fingerprint density at radius 3 is 2.28 bits per heavy atom. The molecule has 12 heteroatoms. The van der Waals surface area contributed by atoms with Crippen LogP contribution in [0.15, 0.2) is 47.5 Å². The van der Waals surface area contributed by atoms with E-state index in [4.69, 9.17) is 15.2 Å². The number of pyridine rings is 1. The van der Waals surface area contributed by atoms with Crippen molar-refractivity contribution in [2.24, 2.45) is 5.73 Å². The van der Waals surface area contributed by atoms with Gasteiger partial charge in [-0.25, -0.2) is 18.1 Å². The van der Waals surface area contributed by atoms with E-state index >= 15 is 0 Å². The molecule has 1 saturated carbocycles. The average Bonchev–Trinajstić information content (AvgIpc) is 2.73. The van der Waals surface area contributed by atoms with Gasteiger partial charge in [0.15, 0.2) is 6.61 Å². The number of hydrogen-bond acceptors (Lipinski definition) is 6. The summed E-state index contributed by atoms with van der Waals surface area (Å²) in [6, 6.07) is 7.37. The van der Waals surface area contributed by atoms with E-state index in [0.29, 0.717) is 31.4 Å². The first-order chi connectivity index (χ1) is 15.0. The second-order valence-electron chi connectivity index (χ2n) is 7.32. The van der Waals surface area contributed by atoms with Crippen molar-refractivity contribution in [2.45, 2.75) is 48.9 Å². The van der Waals surface area contributed by atoms with E-state index < -0.39 is 27.7 Å². The molecule has 3 rings (SSSR count). The zero-order valence-electron chi connectivity index (χ0n) is 16.8. The van der Waals surface area contributed by atoms with E-state index in [1.165, 1.54) is 30.3 Å². The van der Waals surface area contributed by atoms with E-state index in [1.807, 2.05) is 0 Å². The quantitative estimate of drug-likeness (QED) is 0.608. The number of nitrogens with one attached hydrogen (secondary N) is 1. The van der Waals surface area contributed by atoms with Gasteiger partial charge in [0.25, 0.3) is 5.91 Å². The highest BCUT2D eigenvalue weighted by Crippen LogP contribution is 2.30. The summed E-state index contributed by atoms with van der Waals surface area (Å²) in [5, 5.41) is 0. The Kier molecular flexibility index (Phi) is 7.24. The summed E-state index contributed by atoms with van der Waals surface area (Å²) in [6.45, 7) is -0.308. The first kappa shape index (κ1) is 23.8. The third kappa shape index (κ3) is 6.57. The van der Waals surface area contributed by atoms with E-state index in [-0.39, 0.29) is 29.5 Å². The first-order valence-electron chi connectivity index (χ1n) is 9.76. The molecule has 1 aliphatic rings. The van der Waals surface area contributed by atoms with Gasteiger partial charge < -0.3 is 15.2 Å². The minimum Gasteiger partial charge on any atom is -0.484 e. The number of carbonyl (C=O) groups excluding carboxylic acids is 1. The minimum absolute atomic E-state index is 0.0521. The highest BCUT2D eigenvalue weighted by Gasteiger charge is 2.31. The molecule has 3 N–H and O–H groups in total. The van der Waals surface area contributed by atoms with Gasteiger partial charge in [0, 0.05) is 18.3 Å². The summed E-state index contributed by atoms with van der Waals surface area (Å²) in [4.78, 5) is 14.5. The number of primary amides is 1. The van der Waals surface area contributed by atoms with Crippen molar-refractivity contribution in [2.75, 3.05) is 6.61 Å². The fourth-order valence-corrected chi connectivity index (χ4v) is 4.55. The minimum atomic E-state index is -4.46. The molecule has 0 unspecified atom stereocenters. The lowest BCUT2D eigenvalue weighted by Crippen LogP contribution is -2.39. The molecule has 0 aliphatic heterocycles. The number of carbonyl (C=O) groups is 1. The molecule has 0 spiro atoms. The molecule has 1 amide bonds. The van der Waals surface area contributed by atoms with Gasteiger partial charge in [0.2, 0.25) is 15.9 Å². The number of alkyl halides is 3. The van der Waals surface area contributed by atoms with Crippen LogP contribution in [0.3, 0.4) is 0 Å². The van der Waals surface area contributed by atoms with Gasteiger partial charge in [-0.3, -0.25) is 4.79 Å². The van der Waals surface area contributed by atoms with Crippen molar-refractivity contribution in [3.8, 4) is 11.6 Å². The summed E-state index contributed by atoms with van der Waals surface area (Å²) < 4.78 is 76.4. The van der Waals surface area contributed by atoms with Crippen LogP contribution in [-0.4, -0.2) is 38.1 Å². The summed E-state index contributed by atoms with van der Waals surface area (Å²) >= 11 is 0. The molecule has 0 saturated heterocycles. The molecular weight excluding hydrogens is 451 g/mol. The Labute approximate surface area is 183 Å². The van der Waals surface area contributed by atoms with E-state index in [1.54, 1.807) is 0 Å². The lowest BCUT2D eigenvalue weighted by Gasteiger charge is -2.29. The van der Waals surface area contributed by atoms with Gasteiger partial charge in [-0.15, -0.1) is 0 Å². The summed E-state index contributed by atoms with van der Waals surface area (Å²) in [6.07, 6.45) is -1.95. The van der Waals surface area contributed by atoms with E-state index in [2.05, 4.69) is 9.71 Å². The van der Waals surface area contributed by atoms with Crippen LogP contribution in [0.5, 0.6) is 11.6 Å². The number of aromatic nitrogens is 1. The molecule has 1 heterocycles. The third-order valence-electron chi connectivity index (χ3n) is 4.86. The molecule has 2 aromatic rings. The maximum absolute atomic E-state index is 12.6. The topological polar surface area (TPSA) is 121 Å². The van der Waals surface area contributed by atoms with Crippen LogP contribution in [-0.2, 0) is 21.0 Å². The molecule has 0 atom stereocenters. The molecule has 32 heavy (non-hydrogen) atoms. The number of nitrogens with zero attached hydrogens (tertiary/aromatic N) is 1. The monoisotopic (exact) mass is 473 g/mol. The van der Waals surface area contributed by atoms with Gasteiger partial charge >= 0.3 is 6.18 Å². The largest absolute Gasteiger partial charge is 0.484 e. The molecule has 1 aromatic heterocycles. The number of nitrogens with two attached hydrogens (primary N) is 1. The predicted octanol–water partition coefficient (Wildman–Crippen LogP) is 2.63. The van der Waals surface area contributed by atoms with E-state index in [0.717, 1.165) is 12.3 Å². The fourth-order valence-electron chi connectivity index (χ4n) is 3.24. The Balaban J connectivity index is 1.50. The number of sulfonamides is 1. The van der Waals surface area contributed by atoms with Crippen molar-refractivity contribution in [1.82, 2.24) is 9.71 Å². The van der Waals surface area contributed by atoms with Crippen LogP contribution in [0.25, 0.3) is 0 Å². The molecule has 0 bridgehead atoms. The second kappa shape index (κ2) is 9.74. The Morgan fingerprint density at radius 2 is 1.75 bits per heavy atom. The van der Waals surface area contributed by atoms with Crippen molar-refractivity contribution in [3.05, 3.63) is 48.2 Å². The van der Waals surface area contributed by atoms with Crippen molar-refractivity contribution < 1.29 is 35.9 Å². The normalized spacial score (nSPS) is 19.3. The van der Waals surface area contributed by atoms with Gasteiger partial charge in [-0.1, -0.05) is 0 Å². The predicted molar refractivity (Wildman–Crippen MR) is 107 cm³/mol. The average molecular weight is 473 g/mol. The molecule has 8 nitrogen and oxygen atoms in total. The number of hydrogen-bond donors (Lipinski definition) is 2. The standard InChI is InChI=1S/C20H22F3N3O5S/c21-20(22,23)13-1-10-19(25-11-13)31-16-4-2-14(3-5-16)26-32(28,29)17-8-6-15(7-9-17)30-12-18(24)27/h1,6-11,14,16,26H,2-5,12H2,(H2,24,27). The maximum atomic E-state index is 12.6. The van der Waals surface area contributed by atoms with Gasteiger partial charge in [0.1, 0.15) is 11.9 Å². The van der Waals surface area contributed by atoms with E-state index in [9.17, 15) is 26.4 Å². The van der Waals surface area contributed by atoms with Crippen LogP contribution in [0.2, 0.25) is 0 Å². The zero-order valence-corrected chi connectivity index (χ0v) is 17.7. The van der Waals surface area contributed by atoms with Crippen molar-refractivity contribution in [3.63, 3.8) is 0 Å². The van der Waals surface area contributed by atoms with Gasteiger partial charge in [-0.05, 0) is 56.0 Å². The number of benzene rings is 1. The molecular formula is C20H22F3N3O5S. The lowest BCUT2D eigenvalue weighted by atomic mass is 9.94. The lowest BCUT2D eigenvalue weighted by molar-refractivity contribution is -0.137. The summed E-state index contributed by atoms with van der Waals surface area (Å²) in [5.74, 6) is -0.227. The molecule has 0 radical (unpaired) electrons. The second-order valence-corrected chi connectivity index (χ2v) is 9.04. The number of rotatable bonds is 8. The maximum Gasteiger partial charge on any atom is 0.417 e. The highest BCUT2D eigenvalue weighted by atomic mass is 32.2. The first-order valence-corrected chi connectivity index (χ1v) is 11.2. The smallest absolute Gasteiger partial charge is 0.417 e. The highest BCUT2D eigenvalue weighted by molar-refractivity contribution is 7.89. The van der Waals surface area contributed by atoms with Crippen LogP contribution >= 0.6 is 0 Å². The number of halogens is 3. The SMILES string of the molecule is NC(=O)COc1ccc(S(=O)(=O)NC2CCC(Oc3ccc(C(F)(F)F)cn3)CC2)cc1. The summed E-state index contributed by atoms with van der Waals surface area (Å²) in [7, 11) is -3.76. The van der Waals surface area contributed by atoms with Crippen LogP contribution in [0.1, 0.15) is 31.2 Å². The molecule has 1 aliphatic carbocycles. The van der Waals surface area contributed by atoms with Crippen molar-refractivity contribution >= 4 is 15.9 Å². The Hall–Kier alpha value is -2.86. The van der Waals surface area contributed by atoms with Crippen molar-refractivity contribution in [1.29, 1.82) is 0 Å². The third-order valence-corrected chi connectivity index (χ3v) is 6.40. The Bertz CT molecular complexity index is 1020. The number of amides is 1. The van der Waals surface area contributed by atoms with Crippen LogP contribution in [0, 0.1) is 0 Å². The molecule has 174 valence electrons. The zero-order chi connectivity index (χ0) is 23.4. The van der Waals surface area contributed by atoms with Crippen LogP contribution in [0.4, 0.5) is 13.2 Å². The van der Waals surface area contributed by atoms with Gasteiger partial charge in [0.05, 0.1) is 10.5 Å².